The summed E-state index contributed by atoms with van der Waals surface area (Å²) < 4.78 is 36.7. The van der Waals surface area contributed by atoms with E-state index in [-0.39, 0.29) is 5.69 Å². The van der Waals surface area contributed by atoms with Crippen molar-refractivity contribution >= 4 is 38.4 Å². The second-order valence-corrected chi connectivity index (χ2v) is 3.81. The standard InChI is InChI=1S/C8H5BrClF3N2/c1-4-5(2-3-6(9)14-4)15-7(10)8(11,12)13/h2-3H,1H3. The van der Waals surface area contributed by atoms with E-state index in [0.717, 1.165) is 0 Å². The van der Waals surface area contributed by atoms with E-state index in [9.17, 15) is 13.2 Å². The maximum Gasteiger partial charge on any atom is 0.444 e. The van der Waals surface area contributed by atoms with Gasteiger partial charge in [0.05, 0.1) is 11.4 Å². The molecule has 2 nitrogen and oxygen atoms in total. The maximum absolute atomic E-state index is 12.1. The number of nitrogens with zero attached hydrogens (tertiary/aromatic N) is 2. The Morgan fingerprint density at radius 3 is 2.53 bits per heavy atom. The van der Waals surface area contributed by atoms with E-state index in [1.807, 2.05) is 0 Å². The molecule has 0 unspecified atom stereocenters. The molecule has 0 bridgehead atoms. The number of hydrogen-bond donors (Lipinski definition) is 0. The summed E-state index contributed by atoms with van der Waals surface area (Å²) in [6, 6.07) is 2.90. The third-order valence-electron chi connectivity index (χ3n) is 1.48. The van der Waals surface area contributed by atoms with Crippen LogP contribution in [0.5, 0.6) is 0 Å². The molecule has 0 N–H and O–H groups in total. The molecule has 0 saturated heterocycles. The number of aryl methyl sites for hydroxylation is 1. The van der Waals surface area contributed by atoms with Crippen LogP contribution in [0.25, 0.3) is 0 Å². The van der Waals surface area contributed by atoms with Crippen molar-refractivity contribution < 1.29 is 13.2 Å². The Hall–Kier alpha value is -0.620. The van der Waals surface area contributed by atoms with Crippen LogP contribution in [-0.4, -0.2) is 16.3 Å². The fourth-order valence-corrected chi connectivity index (χ4v) is 1.30. The molecule has 1 heterocycles. The van der Waals surface area contributed by atoms with Gasteiger partial charge in [0.15, 0.2) is 0 Å². The van der Waals surface area contributed by atoms with E-state index in [2.05, 4.69) is 25.9 Å². The second kappa shape index (κ2) is 4.49. The predicted octanol–water partition coefficient (Wildman–Crippen LogP) is 3.98. The lowest BCUT2D eigenvalue weighted by Gasteiger charge is -2.04. The lowest BCUT2D eigenvalue weighted by Crippen LogP contribution is -2.16. The van der Waals surface area contributed by atoms with E-state index in [1.54, 1.807) is 6.92 Å². The van der Waals surface area contributed by atoms with Gasteiger partial charge in [-0.2, -0.15) is 13.2 Å². The van der Waals surface area contributed by atoms with Crippen molar-refractivity contribution in [3.63, 3.8) is 0 Å². The molecule has 0 aliphatic rings. The second-order valence-electron chi connectivity index (χ2n) is 2.64. The molecule has 82 valence electrons. The zero-order chi connectivity index (χ0) is 11.6. The van der Waals surface area contributed by atoms with E-state index in [1.165, 1.54) is 12.1 Å². The quantitative estimate of drug-likeness (QED) is 0.569. The summed E-state index contributed by atoms with van der Waals surface area (Å²) in [5, 5.41) is -1.41. The van der Waals surface area contributed by atoms with Gasteiger partial charge < -0.3 is 0 Å². The van der Waals surface area contributed by atoms with Crippen molar-refractivity contribution in [2.75, 3.05) is 0 Å². The van der Waals surface area contributed by atoms with Crippen LogP contribution >= 0.6 is 27.5 Å². The van der Waals surface area contributed by atoms with E-state index < -0.39 is 11.3 Å². The molecule has 0 aromatic carbocycles. The van der Waals surface area contributed by atoms with Gasteiger partial charge in [-0.05, 0) is 35.0 Å². The summed E-state index contributed by atoms with van der Waals surface area (Å²) in [4.78, 5) is 7.14. The zero-order valence-electron chi connectivity index (χ0n) is 7.44. The summed E-state index contributed by atoms with van der Waals surface area (Å²) in [6.45, 7) is 1.55. The minimum absolute atomic E-state index is 0.0977. The Kier molecular flexibility index (Phi) is 3.72. The topological polar surface area (TPSA) is 25.2 Å². The van der Waals surface area contributed by atoms with Crippen molar-refractivity contribution in [1.82, 2.24) is 4.98 Å². The molecule has 0 amide bonds. The number of halogens is 5. The van der Waals surface area contributed by atoms with Gasteiger partial charge in [-0.25, -0.2) is 9.98 Å². The van der Waals surface area contributed by atoms with Crippen molar-refractivity contribution in [2.24, 2.45) is 4.99 Å². The molecule has 7 heteroatoms. The Bertz CT molecular complexity index is 403. The van der Waals surface area contributed by atoms with Gasteiger partial charge in [0, 0.05) is 0 Å². The number of alkyl halides is 3. The number of pyridine rings is 1. The van der Waals surface area contributed by atoms with Crippen LogP contribution < -0.4 is 0 Å². The molecule has 0 aliphatic carbocycles. The highest BCUT2D eigenvalue weighted by Gasteiger charge is 2.34. The minimum atomic E-state index is -4.62. The molecule has 0 radical (unpaired) electrons. The molecule has 1 aromatic heterocycles. The highest BCUT2D eigenvalue weighted by Crippen LogP contribution is 2.25. The fourth-order valence-electron chi connectivity index (χ4n) is 0.810. The molecule has 1 aromatic rings. The Labute approximate surface area is 97.3 Å². The Balaban J connectivity index is 3.09. The van der Waals surface area contributed by atoms with E-state index in [0.29, 0.717) is 10.3 Å². The first-order chi connectivity index (χ1) is 6.80. The third kappa shape index (κ3) is 3.46. The van der Waals surface area contributed by atoms with Gasteiger partial charge in [0.1, 0.15) is 4.60 Å². The van der Waals surface area contributed by atoms with Crippen molar-refractivity contribution in [1.29, 1.82) is 0 Å². The molecular weight excluding hydrogens is 296 g/mol. The van der Waals surface area contributed by atoms with E-state index in [4.69, 9.17) is 11.6 Å². The molecule has 0 saturated carbocycles. The van der Waals surface area contributed by atoms with Crippen LogP contribution in [0.15, 0.2) is 21.7 Å². The normalized spacial score (nSPS) is 13.1. The average molecular weight is 301 g/mol. The van der Waals surface area contributed by atoms with Crippen molar-refractivity contribution in [2.45, 2.75) is 13.1 Å². The number of aliphatic imine (C=N–C) groups is 1. The summed E-state index contributed by atoms with van der Waals surface area (Å²) in [5.74, 6) is 0. The lowest BCUT2D eigenvalue weighted by molar-refractivity contribution is -0.0558. The third-order valence-corrected chi connectivity index (χ3v) is 2.22. The van der Waals surface area contributed by atoms with Crippen molar-refractivity contribution in [3.05, 3.63) is 22.4 Å². The number of hydrogen-bond acceptors (Lipinski definition) is 2. The van der Waals surface area contributed by atoms with Crippen LogP contribution in [0.3, 0.4) is 0 Å². The first-order valence-corrected chi connectivity index (χ1v) is 4.92. The predicted molar refractivity (Wildman–Crippen MR) is 55.7 cm³/mol. The van der Waals surface area contributed by atoms with E-state index >= 15 is 0 Å². The summed E-state index contributed by atoms with van der Waals surface area (Å²) in [7, 11) is 0. The average Bonchev–Trinajstić information content (AvgIpc) is 2.08. The molecular formula is C8H5BrClF3N2. The largest absolute Gasteiger partial charge is 0.444 e. The van der Waals surface area contributed by atoms with Crippen molar-refractivity contribution in [3.8, 4) is 0 Å². The molecule has 0 atom stereocenters. The number of rotatable bonds is 1. The Morgan fingerprint density at radius 2 is 2.07 bits per heavy atom. The van der Waals surface area contributed by atoms with Crippen LogP contribution in [0.1, 0.15) is 5.69 Å². The molecule has 1 rings (SSSR count). The van der Waals surface area contributed by atoms with Gasteiger partial charge in [0.2, 0.25) is 5.17 Å². The summed E-state index contributed by atoms with van der Waals surface area (Å²) in [5.41, 5.74) is 0.465. The van der Waals surface area contributed by atoms with Gasteiger partial charge >= 0.3 is 6.18 Å². The maximum atomic E-state index is 12.1. The molecule has 0 fully saturated rings. The van der Waals surface area contributed by atoms with Gasteiger partial charge in [0.25, 0.3) is 0 Å². The van der Waals surface area contributed by atoms with Crippen LogP contribution in [0, 0.1) is 6.92 Å². The van der Waals surface area contributed by atoms with Crippen LogP contribution in [0.4, 0.5) is 18.9 Å². The first kappa shape index (κ1) is 12.4. The molecule has 15 heavy (non-hydrogen) atoms. The molecule has 0 spiro atoms. The SMILES string of the molecule is Cc1nc(Br)ccc1N=C(Cl)C(F)(F)F. The Morgan fingerprint density at radius 1 is 1.47 bits per heavy atom. The highest BCUT2D eigenvalue weighted by molar-refractivity contribution is 9.10. The highest BCUT2D eigenvalue weighted by atomic mass is 79.9. The number of aromatic nitrogens is 1. The minimum Gasteiger partial charge on any atom is -0.244 e. The van der Waals surface area contributed by atoms with Gasteiger partial charge in [-0.3, -0.25) is 0 Å². The summed E-state index contributed by atoms with van der Waals surface area (Å²) >= 11 is 8.08. The van der Waals surface area contributed by atoms with Gasteiger partial charge in [-0.15, -0.1) is 0 Å². The first-order valence-electron chi connectivity index (χ1n) is 3.75. The van der Waals surface area contributed by atoms with Gasteiger partial charge in [-0.1, -0.05) is 11.6 Å². The van der Waals surface area contributed by atoms with Crippen LogP contribution in [0.2, 0.25) is 0 Å². The summed E-state index contributed by atoms with van der Waals surface area (Å²) in [6.07, 6.45) is -4.62. The fraction of sp³-hybridized carbons (Fsp3) is 0.250. The zero-order valence-corrected chi connectivity index (χ0v) is 9.78. The molecule has 0 aliphatic heterocycles. The lowest BCUT2D eigenvalue weighted by atomic mass is 10.3. The van der Waals surface area contributed by atoms with Crippen LogP contribution in [-0.2, 0) is 0 Å². The monoisotopic (exact) mass is 300 g/mol. The smallest absolute Gasteiger partial charge is 0.244 e.